The van der Waals surface area contributed by atoms with Crippen molar-refractivity contribution < 1.29 is 19.6 Å². The lowest BCUT2D eigenvalue weighted by Gasteiger charge is -2.22. The lowest BCUT2D eigenvalue weighted by Crippen LogP contribution is -2.29. The van der Waals surface area contributed by atoms with Crippen molar-refractivity contribution in [2.75, 3.05) is 4.90 Å². The smallest absolute Gasteiger partial charge is 0.301 e. The molecule has 1 aliphatic rings. The van der Waals surface area contributed by atoms with Crippen LogP contribution in [-0.2, 0) is 9.59 Å². The summed E-state index contributed by atoms with van der Waals surface area (Å²) < 4.78 is 0. The van der Waals surface area contributed by atoms with E-state index in [1.807, 2.05) is 0 Å². The Hall–Kier alpha value is -3.92. The van der Waals surface area contributed by atoms with E-state index in [2.05, 4.69) is 10.2 Å². The van der Waals surface area contributed by atoms with E-state index in [1.165, 1.54) is 18.2 Å². The first-order valence-corrected chi connectivity index (χ1v) is 9.61. The average Bonchev–Trinajstić information content (AvgIpc) is 3.29. The van der Waals surface area contributed by atoms with Crippen LogP contribution in [0.25, 0.3) is 5.76 Å². The molecule has 150 valence electrons. The van der Waals surface area contributed by atoms with E-state index in [1.54, 1.807) is 43.3 Å². The number of Topliss-reactive ketones (excluding diaryl/α,β-unsaturated/α-hetero) is 1. The standard InChI is InChI=1S/C20H14N4O5S/c1-11-21-22-20(30-11)23-16(13-8-5-9-14(10-13)24(28)29)15(18(26)19(23)27)17(25)12-6-3-2-4-7-12/h2-10,16,25H,1H3. The minimum atomic E-state index is -1.09. The van der Waals surface area contributed by atoms with Crippen LogP contribution in [0.5, 0.6) is 0 Å². The van der Waals surface area contributed by atoms with Gasteiger partial charge < -0.3 is 5.11 Å². The summed E-state index contributed by atoms with van der Waals surface area (Å²) in [6, 6.07) is 12.8. The van der Waals surface area contributed by atoms with Gasteiger partial charge >= 0.3 is 5.91 Å². The fourth-order valence-electron chi connectivity index (χ4n) is 3.29. The molecule has 2 aromatic carbocycles. The van der Waals surface area contributed by atoms with Crippen LogP contribution in [0.15, 0.2) is 60.2 Å². The number of hydrogen-bond donors (Lipinski definition) is 1. The number of ketones is 1. The summed E-state index contributed by atoms with van der Waals surface area (Å²) in [6.45, 7) is 1.70. The first-order chi connectivity index (χ1) is 14.4. The Morgan fingerprint density at radius 2 is 1.87 bits per heavy atom. The third kappa shape index (κ3) is 3.22. The molecule has 1 aromatic heterocycles. The number of carbonyl (C=O) groups excluding carboxylic acids is 2. The number of aliphatic hydroxyl groups is 1. The van der Waals surface area contributed by atoms with Gasteiger partial charge in [-0.3, -0.25) is 24.6 Å². The first kappa shape index (κ1) is 19.4. The Bertz CT molecular complexity index is 1200. The Morgan fingerprint density at radius 3 is 2.50 bits per heavy atom. The zero-order chi connectivity index (χ0) is 21.4. The number of nitro groups is 1. The maximum absolute atomic E-state index is 12.9. The summed E-state index contributed by atoms with van der Waals surface area (Å²) >= 11 is 1.10. The third-order valence-corrected chi connectivity index (χ3v) is 5.45. The molecular weight excluding hydrogens is 408 g/mol. The number of hydrogen-bond acceptors (Lipinski definition) is 8. The van der Waals surface area contributed by atoms with E-state index in [0.717, 1.165) is 16.2 Å². The lowest BCUT2D eigenvalue weighted by atomic mass is 9.95. The molecule has 9 nitrogen and oxygen atoms in total. The lowest BCUT2D eigenvalue weighted by molar-refractivity contribution is -0.384. The highest BCUT2D eigenvalue weighted by atomic mass is 32.1. The van der Waals surface area contributed by atoms with Crippen molar-refractivity contribution in [2.45, 2.75) is 13.0 Å². The normalized spacial score (nSPS) is 18.0. The molecule has 4 rings (SSSR count). The van der Waals surface area contributed by atoms with Crippen molar-refractivity contribution in [1.82, 2.24) is 10.2 Å². The van der Waals surface area contributed by atoms with Crippen molar-refractivity contribution in [3.63, 3.8) is 0 Å². The molecule has 0 radical (unpaired) electrons. The number of nitrogens with zero attached hydrogens (tertiary/aromatic N) is 4. The molecule has 30 heavy (non-hydrogen) atoms. The quantitative estimate of drug-likeness (QED) is 0.224. The highest BCUT2D eigenvalue weighted by molar-refractivity contribution is 7.15. The van der Waals surface area contributed by atoms with Gasteiger partial charge in [-0.25, -0.2) is 0 Å². The molecule has 2 heterocycles. The SMILES string of the molecule is Cc1nnc(N2C(=O)C(=O)C(=C(O)c3ccccc3)C2c2cccc([N+](=O)[O-])c2)s1. The van der Waals surface area contributed by atoms with Gasteiger partial charge in [0.2, 0.25) is 5.13 Å². The number of aryl methyl sites for hydroxylation is 1. The number of rotatable bonds is 4. The van der Waals surface area contributed by atoms with E-state index >= 15 is 0 Å². The number of amides is 1. The average molecular weight is 422 g/mol. The molecule has 0 bridgehead atoms. The van der Waals surface area contributed by atoms with Crippen LogP contribution < -0.4 is 4.90 Å². The van der Waals surface area contributed by atoms with Gasteiger partial charge in [0.05, 0.1) is 16.5 Å². The topological polar surface area (TPSA) is 127 Å². The molecule has 1 N–H and O–H groups in total. The van der Waals surface area contributed by atoms with E-state index in [-0.39, 0.29) is 22.2 Å². The van der Waals surface area contributed by atoms with E-state index in [4.69, 9.17) is 0 Å². The molecule has 1 fully saturated rings. The largest absolute Gasteiger partial charge is 0.507 e. The number of benzene rings is 2. The summed E-state index contributed by atoms with van der Waals surface area (Å²) in [6.07, 6.45) is 0. The molecule has 1 unspecified atom stereocenters. The highest BCUT2D eigenvalue weighted by Crippen LogP contribution is 2.43. The molecule has 0 spiro atoms. The number of carbonyl (C=O) groups is 2. The molecule has 1 amide bonds. The second-order valence-electron chi connectivity index (χ2n) is 6.49. The monoisotopic (exact) mass is 422 g/mol. The van der Waals surface area contributed by atoms with Crippen molar-refractivity contribution >= 4 is 39.6 Å². The van der Waals surface area contributed by atoms with E-state index < -0.39 is 22.7 Å². The summed E-state index contributed by atoms with van der Waals surface area (Å²) in [5.41, 5.74) is 0.277. The van der Waals surface area contributed by atoms with Gasteiger partial charge in [0.1, 0.15) is 10.8 Å². The second kappa shape index (κ2) is 7.48. The Kier molecular flexibility index (Phi) is 4.84. The third-order valence-electron chi connectivity index (χ3n) is 4.61. The van der Waals surface area contributed by atoms with Gasteiger partial charge in [-0.1, -0.05) is 53.8 Å². The molecular formula is C20H14N4O5S. The maximum Gasteiger partial charge on any atom is 0.301 e. The first-order valence-electron chi connectivity index (χ1n) is 8.79. The Morgan fingerprint density at radius 1 is 1.13 bits per heavy atom. The van der Waals surface area contributed by atoms with Crippen molar-refractivity contribution in [3.8, 4) is 0 Å². The van der Waals surface area contributed by atoms with Crippen LogP contribution >= 0.6 is 11.3 Å². The van der Waals surface area contributed by atoms with Crippen LogP contribution in [0, 0.1) is 17.0 Å². The number of anilines is 1. The molecule has 1 aliphatic heterocycles. The van der Waals surface area contributed by atoms with Crippen molar-refractivity contribution in [2.24, 2.45) is 0 Å². The summed E-state index contributed by atoms with van der Waals surface area (Å²) in [5, 5.41) is 30.8. The van der Waals surface area contributed by atoms with Crippen LogP contribution in [0.1, 0.15) is 22.2 Å². The highest BCUT2D eigenvalue weighted by Gasteiger charge is 2.48. The van der Waals surface area contributed by atoms with Crippen LogP contribution in [0.2, 0.25) is 0 Å². The van der Waals surface area contributed by atoms with Crippen molar-refractivity contribution in [3.05, 3.63) is 86.4 Å². The minimum Gasteiger partial charge on any atom is -0.507 e. The second-order valence-corrected chi connectivity index (χ2v) is 7.65. The predicted octanol–water partition coefficient (Wildman–Crippen LogP) is 3.38. The molecule has 0 aliphatic carbocycles. The summed E-state index contributed by atoms with van der Waals surface area (Å²) in [4.78, 5) is 37.6. The van der Waals surface area contributed by atoms with E-state index in [0.29, 0.717) is 16.1 Å². The fraction of sp³-hybridized carbons (Fsp3) is 0.100. The van der Waals surface area contributed by atoms with Gasteiger partial charge in [-0.05, 0) is 12.5 Å². The Labute approximate surface area is 174 Å². The fourth-order valence-corrected chi connectivity index (χ4v) is 4.00. The molecule has 3 aromatic rings. The zero-order valence-electron chi connectivity index (χ0n) is 15.6. The van der Waals surface area contributed by atoms with E-state index in [9.17, 15) is 24.8 Å². The van der Waals surface area contributed by atoms with Gasteiger partial charge in [0.15, 0.2) is 0 Å². The van der Waals surface area contributed by atoms with Crippen LogP contribution in [-0.4, -0.2) is 31.9 Å². The molecule has 10 heteroatoms. The Balaban J connectivity index is 1.97. The predicted molar refractivity (Wildman–Crippen MR) is 109 cm³/mol. The maximum atomic E-state index is 12.9. The molecule has 1 saturated heterocycles. The van der Waals surface area contributed by atoms with Crippen LogP contribution in [0.4, 0.5) is 10.8 Å². The number of non-ortho nitro benzene ring substituents is 1. The minimum absolute atomic E-state index is 0.165. The summed E-state index contributed by atoms with van der Waals surface area (Å²) in [7, 11) is 0. The van der Waals surface area contributed by atoms with Crippen LogP contribution in [0.3, 0.4) is 0 Å². The summed E-state index contributed by atoms with van der Waals surface area (Å²) in [5.74, 6) is -2.16. The van der Waals surface area contributed by atoms with Gasteiger partial charge in [0, 0.05) is 17.7 Å². The molecule has 0 saturated carbocycles. The van der Waals surface area contributed by atoms with Gasteiger partial charge in [-0.2, -0.15) is 0 Å². The molecule has 1 atom stereocenters. The van der Waals surface area contributed by atoms with Crippen molar-refractivity contribution in [1.29, 1.82) is 0 Å². The zero-order valence-corrected chi connectivity index (χ0v) is 16.4. The van der Waals surface area contributed by atoms with Gasteiger partial charge in [0.25, 0.3) is 11.5 Å². The number of aliphatic hydroxyl groups excluding tert-OH is 1. The number of nitro benzene ring substituents is 1. The number of aromatic nitrogens is 2. The van der Waals surface area contributed by atoms with Gasteiger partial charge in [-0.15, -0.1) is 10.2 Å².